The first kappa shape index (κ1) is 41.6. The van der Waals surface area contributed by atoms with Gasteiger partial charge in [-0.05, 0) is 85.5 Å². The molecule has 0 heterocycles. The third kappa shape index (κ3) is 9.88. The number of hydrogen-bond acceptors (Lipinski definition) is 9. The third-order valence-corrected chi connectivity index (χ3v) is 8.35. The molecule has 0 aromatic heterocycles. The van der Waals surface area contributed by atoms with Crippen molar-refractivity contribution in [2.75, 3.05) is 45.8 Å². The van der Waals surface area contributed by atoms with Crippen LogP contribution in [-0.2, 0) is 46.6 Å². The minimum Gasteiger partial charge on any atom is -0.494 e. The maximum Gasteiger partial charge on any atom is 0.416 e. The number of nitrogens with one attached hydrogen (secondary N) is 1. The number of anilines is 1. The molecule has 0 atom stereocenters. The molecule has 0 fully saturated rings. The van der Waals surface area contributed by atoms with E-state index in [0.717, 1.165) is 12.1 Å². The molecule has 0 radical (unpaired) electrons. The molecule has 4 rings (SSSR count). The number of alkyl halides is 3. The van der Waals surface area contributed by atoms with Crippen LogP contribution in [0, 0.1) is 0 Å². The normalized spacial score (nSPS) is 11.3. The van der Waals surface area contributed by atoms with Gasteiger partial charge >= 0.3 is 24.1 Å². The third-order valence-electron chi connectivity index (χ3n) is 8.35. The summed E-state index contributed by atoms with van der Waals surface area (Å²) in [5, 5.41) is 2.73. The summed E-state index contributed by atoms with van der Waals surface area (Å²) < 4.78 is 61.4. The predicted molar refractivity (Wildman–Crippen MR) is 197 cm³/mol. The van der Waals surface area contributed by atoms with Crippen LogP contribution in [0.1, 0.15) is 58.2 Å². The first-order chi connectivity index (χ1) is 26.2. The number of nitrogens with zero attached hydrogens (tertiary/aromatic N) is 1. The summed E-state index contributed by atoms with van der Waals surface area (Å²) in [6.45, 7) is 4.37. The topological polar surface area (TPSA) is 138 Å². The quantitative estimate of drug-likeness (QED) is 0.0781. The minimum atomic E-state index is -4.55. The zero-order chi connectivity index (χ0) is 40.3. The van der Waals surface area contributed by atoms with Gasteiger partial charge in [0.2, 0.25) is 5.41 Å². The molecule has 0 spiro atoms. The van der Waals surface area contributed by atoms with E-state index < -0.39 is 59.9 Å². The van der Waals surface area contributed by atoms with E-state index in [1.165, 1.54) is 73.6 Å². The fourth-order valence-electron chi connectivity index (χ4n) is 5.63. The maximum atomic E-state index is 13.8. The largest absolute Gasteiger partial charge is 0.494 e. The van der Waals surface area contributed by atoms with E-state index in [9.17, 15) is 37.1 Å². The van der Waals surface area contributed by atoms with Crippen LogP contribution in [0.5, 0.6) is 5.75 Å². The molecule has 0 saturated heterocycles. The van der Waals surface area contributed by atoms with E-state index in [4.69, 9.17) is 18.9 Å². The summed E-state index contributed by atoms with van der Waals surface area (Å²) >= 11 is 0. The maximum absolute atomic E-state index is 13.8. The summed E-state index contributed by atoms with van der Waals surface area (Å²) in [4.78, 5) is 68.4. The molecule has 14 heteroatoms. The standard InChI is InChI=1S/C41H41F3N2O9/c1-6-52-30-19-20-31(32(24-30)27-15-17-29(18-16-27)41(42,43)44)36(48)45-34-21-14-26(22-33(34)37(49)46(4)5)23-35(47)55-25-40(38(50)53-7-2,39(51)54-8-3)28-12-10-9-11-13-28/h9-22,24H,6-8,23,25H2,1-5H3,(H,45,48). The summed E-state index contributed by atoms with van der Waals surface area (Å²) in [7, 11) is 3.00. The summed E-state index contributed by atoms with van der Waals surface area (Å²) in [6, 6.07) is 21.1. The Morgan fingerprint density at radius 1 is 0.691 bits per heavy atom. The smallest absolute Gasteiger partial charge is 0.416 e. The fourth-order valence-corrected chi connectivity index (χ4v) is 5.63. The second-order valence-corrected chi connectivity index (χ2v) is 12.3. The Bertz CT molecular complexity index is 2000. The number of rotatable bonds is 15. The van der Waals surface area contributed by atoms with Crippen molar-refractivity contribution in [3.63, 3.8) is 0 Å². The Labute approximate surface area is 316 Å². The van der Waals surface area contributed by atoms with Gasteiger partial charge in [0, 0.05) is 19.7 Å². The molecular weight excluding hydrogens is 721 g/mol. The zero-order valence-electron chi connectivity index (χ0n) is 31.0. The average Bonchev–Trinajstić information content (AvgIpc) is 3.15. The highest BCUT2D eigenvalue weighted by atomic mass is 19.4. The van der Waals surface area contributed by atoms with Crippen LogP contribution in [0.2, 0.25) is 0 Å². The SMILES string of the molecule is CCOC(=O)C(COC(=O)Cc1ccc(NC(=O)c2ccc(OCC)cc2-c2ccc(C(F)(F)F)cc2)c(C(=O)N(C)C)c1)(C(=O)OCC)c1ccccc1. The van der Waals surface area contributed by atoms with Gasteiger partial charge in [-0.2, -0.15) is 13.2 Å². The van der Waals surface area contributed by atoms with E-state index in [2.05, 4.69) is 5.32 Å². The van der Waals surface area contributed by atoms with Crippen molar-refractivity contribution in [1.29, 1.82) is 0 Å². The Morgan fingerprint density at radius 3 is 1.89 bits per heavy atom. The number of halogens is 3. The highest BCUT2D eigenvalue weighted by Crippen LogP contribution is 2.34. The van der Waals surface area contributed by atoms with Crippen LogP contribution in [0.4, 0.5) is 18.9 Å². The lowest BCUT2D eigenvalue weighted by Crippen LogP contribution is -2.50. The number of benzene rings is 4. The molecule has 4 aromatic rings. The Morgan fingerprint density at radius 2 is 1.33 bits per heavy atom. The van der Waals surface area contributed by atoms with Crippen molar-refractivity contribution < 1.29 is 56.1 Å². The molecule has 2 amide bonds. The molecule has 55 heavy (non-hydrogen) atoms. The molecule has 290 valence electrons. The molecule has 0 unspecified atom stereocenters. The first-order valence-corrected chi connectivity index (χ1v) is 17.3. The number of ether oxygens (including phenoxy) is 4. The Balaban J connectivity index is 1.64. The van der Waals surface area contributed by atoms with Crippen molar-refractivity contribution in [2.24, 2.45) is 0 Å². The highest BCUT2D eigenvalue weighted by molar-refractivity contribution is 6.12. The molecule has 0 aliphatic carbocycles. The monoisotopic (exact) mass is 762 g/mol. The van der Waals surface area contributed by atoms with E-state index in [1.807, 2.05) is 0 Å². The molecular formula is C41H41F3N2O9. The molecule has 4 aromatic carbocycles. The average molecular weight is 763 g/mol. The number of esters is 3. The summed E-state index contributed by atoms with van der Waals surface area (Å²) in [6.07, 6.45) is -4.95. The molecule has 0 aliphatic heterocycles. The second kappa shape index (κ2) is 18.2. The van der Waals surface area contributed by atoms with Crippen molar-refractivity contribution >= 4 is 35.4 Å². The summed E-state index contributed by atoms with van der Waals surface area (Å²) in [5.74, 6) is -3.56. The highest BCUT2D eigenvalue weighted by Gasteiger charge is 2.52. The predicted octanol–water partition coefficient (Wildman–Crippen LogP) is 6.88. The van der Waals surface area contributed by atoms with Crippen LogP contribution in [0.15, 0.2) is 91.0 Å². The van der Waals surface area contributed by atoms with Crippen LogP contribution in [-0.4, -0.2) is 75.1 Å². The van der Waals surface area contributed by atoms with Gasteiger partial charge in [0.25, 0.3) is 11.8 Å². The number of carbonyl (C=O) groups excluding carboxylic acids is 5. The number of carbonyl (C=O) groups is 5. The minimum absolute atomic E-state index is 0.0161. The zero-order valence-corrected chi connectivity index (χ0v) is 31.0. The van der Waals surface area contributed by atoms with E-state index in [0.29, 0.717) is 23.5 Å². The van der Waals surface area contributed by atoms with Crippen LogP contribution in [0.25, 0.3) is 11.1 Å². The summed E-state index contributed by atoms with van der Waals surface area (Å²) in [5.41, 5.74) is -1.66. The van der Waals surface area contributed by atoms with Gasteiger partial charge in [-0.15, -0.1) is 0 Å². The molecule has 0 bridgehead atoms. The van der Waals surface area contributed by atoms with Gasteiger partial charge in [0.1, 0.15) is 12.4 Å². The van der Waals surface area contributed by atoms with Gasteiger partial charge in [-0.1, -0.05) is 48.5 Å². The van der Waals surface area contributed by atoms with E-state index >= 15 is 0 Å². The van der Waals surface area contributed by atoms with Crippen molar-refractivity contribution in [3.8, 4) is 16.9 Å². The molecule has 11 nitrogen and oxygen atoms in total. The lowest BCUT2D eigenvalue weighted by molar-refractivity contribution is -0.170. The first-order valence-electron chi connectivity index (χ1n) is 17.3. The van der Waals surface area contributed by atoms with Crippen molar-refractivity contribution in [2.45, 2.75) is 38.8 Å². The van der Waals surface area contributed by atoms with Gasteiger partial charge < -0.3 is 29.2 Å². The van der Waals surface area contributed by atoms with Crippen LogP contribution >= 0.6 is 0 Å². The fraction of sp³-hybridized carbons (Fsp3) is 0.293. The van der Waals surface area contributed by atoms with Gasteiger partial charge in [0.15, 0.2) is 0 Å². The van der Waals surface area contributed by atoms with E-state index in [1.54, 1.807) is 45.0 Å². The Hall–Kier alpha value is -6.18. The molecule has 0 saturated carbocycles. The van der Waals surface area contributed by atoms with E-state index in [-0.39, 0.29) is 41.2 Å². The Kier molecular flexibility index (Phi) is 13.8. The van der Waals surface area contributed by atoms with Gasteiger partial charge in [0.05, 0.1) is 43.1 Å². The van der Waals surface area contributed by atoms with Crippen molar-refractivity contribution in [3.05, 3.63) is 119 Å². The van der Waals surface area contributed by atoms with Crippen LogP contribution in [0.3, 0.4) is 0 Å². The molecule has 0 aliphatic rings. The van der Waals surface area contributed by atoms with Crippen LogP contribution < -0.4 is 10.1 Å². The van der Waals surface area contributed by atoms with Gasteiger partial charge in [-0.25, -0.2) is 0 Å². The number of hydrogen-bond donors (Lipinski definition) is 1. The second-order valence-electron chi connectivity index (χ2n) is 12.3. The van der Waals surface area contributed by atoms with Crippen molar-refractivity contribution in [1.82, 2.24) is 4.90 Å². The molecule has 1 N–H and O–H groups in total. The van der Waals surface area contributed by atoms with Gasteiger partial charge in [-0.3, -0.25) is 24.0 Å². The lowest BCUT2D eigenvalue weighted by Gasteiger charge is -2.29. The lowest BCUT2D eigenvalue weighted by atomic mass is 9.81. The number of amides is 2.